The van der Waals surface area contributed by atoms with E-state index in [1.54, 1.807) is 31.7 Å². The van der Waals surface area contributed by atoms with Gasteiger partial charge in [0.2, 0.25) is 0 Å². The molecule has 0 aliphatic heterocycles. The van der Waals surface area contributed by atoms with Crippen LogP contribution in [0.25, 0.3) is 16.6 Å². The topological polar surface area (TPSA) is 78.6 Å². The summed E-state index contributed by atoms with van der Waals surface area (Å²) in [7, 11) is 3.12. The Bertz CT molecular complexity index is 1220. The van der Waals surface area contributed by atoms with Crippen molar-refractivity contribution in [3.63, 3.8) is 0 Å². The van der Waals surface area contributed by atoms with Crippen LogP contribution in [-0.4, -0.2) is 45.3 Å². The average Bonchev–Trinajstić information content (AvgIpc) is 3.13. The van der Waals surface area contributed by atoms with E-state index in [2.05, 4.69) is 15.1 Å². The number of fused-ring (bicyclic) bond motifs is 3. The number of nitrogens with zero attached hydrogens (tertiary/aromatic N) is 4. The number of carbonyl (C=O) groups excluding carboxylic acids is 1. The molecule has 0 saturated heterocycles. The van der Waals surface area contributed by atoms with Crippen LogP contribution in [0.4, 0.5) is 4.39 Å². The largest absolute Gasteiger partial charge is 0.493 e. The van der Waals surface area contributed by atoms with Gasteiger partial charge in [0, 0.05) is 17.0 Å². The first-order chi connectivity index (χ1) is 14.0. The molecule has 0 N–H and O–H groups in total. The van der Waals surface area contributed by atoms with Gasteiger partial charge in [-0.05, 0) is 37.3 Å². The summed E-state index contributed by atoms with van der Waals surface area (Å²) in [4.78, 5) is 21.6. The average molecular weight is 412 g/mol. The number of hydrogen-bond donors (Lipinski definition) is 0. The SMILES string of the molecule is COc1cc2nc(SCC(=O)c3ccc(F)cc3)n3nc(C)nc3c2cc1OC. The van der Waals surface area contributed by atoms with E-state index in [1.165, 1.54) is 36.0 Å². The molecule has 0 bridgehead atoms. The molecule has 0 aliphatic rings. The highest BCUT2D eigenvalue weighted by molar-refractivity contribution is 7.99. The maximum atomic E-state index is 13.1. The van der Waals surface area contributed by atoms with Gasteiger partial charge in [-0.15, -0.1) is 5.10 Å². The minimum absolute atomic E-state index is 0.130. The van der Waals surface area contributed by atoms with Crippen molar-refractivity contribution in [1.82, 2.24) is 19.6 Å². The third-order valence-corrected chi connectivity index (χ3v) is 5.28. The monoisotopic (exact) mass is 412 g/mol. The number of carbonyl (C=O) groups is 1. The van der Waals surface area contributed by atoms with Crippen molar-refractivity contribution in [2.24, 2.45) is 0 Å². The lowest BCUT2D eigenvalue weighted by atomic mass is 10.1. The van der Waals surface area contributed by atoms with Gasteiger partial charge in [-0.1, -0.05) is 11.8 Å². The highest BCUT2D eigenvalue weighted by atomic mass is 32.2. The van der Waals surface area contributed by atoms with Gasteiger partial charge in [0.1, 0.15) is 11.6 Å². The maximum Gasteiger partial charge on any atom is 0.192 e. The zero-order valence-electron chi connectivity index (χ0n) is 16.0. The number of Topliss-reactive ketones (excluding diaryl/α,β-unsaturated/α-hetero) is 1. The van der Waals surface area contributed by atoms with Crippen molar-refractivity contribution in [2.75, 3.05) is 20.0 Å². The van der Waals surface area contributed by atoms with E-state index >= 15 is 0 Å². The van der Waals surface area contributed by atoms with Gasteiger partial charge in [-0.3, -0.25) is 4.79 Å². The minimum Gasteiger partial charge on any atom is -0.493 e. The summed E-state index contributed by atoms with van der Waals surface area (Å²) in [5.74, 6) is 1.32. The number of aryl methyl sites for hydroxylation is 1. The van der Waals surface area contributed by atoms with E-state index in [9.17, 15) is 9.18 Å². The fourth-order valence-electron chi connectivity index (χ4n) is 2.96. The Morgan fingerprint density at radius 3 is 2.48 bits per heavy atom. The van der Waals surface area contributed by atoms with Gasteiger partial charge in [-0.2, -0.15) is 4.52 Å². The van der Waals surface area contributed by atoms with E-state index in [-0.39, 0.29) is 17.4 Å². The number of halogens is 1. The van der Waals surface area contributed by atoms with Crippen molar-refractivity contribution in [3.05, 3.63) is 53.6 Å². The summed E-state index contributed by atoms with van der Waals surface area (Å²) in [5, 5.41) is 5.70. The Hall–Kier alpha value is -3.20. The Morgan fingerprint density at radius 2 is 1.79 bits per heavy atom. The molecule has 4 aromatic rings. The van der Waals surface area contributed by atoms with Crippen LogP contribution in [0.2, 0.25) is 0 Å². The molecule has 29 heavy (non-hydrogen) atoms. The molecular weight excluding hydrogens is 395 g/mol. The van der Waals surface area contributed by atoms with E-state index in [4.69, 9.17) is 9.47 Å². The van der Waals surface area contributed by atoms with Crippen LogP contribution in [0, 0.1) is 12.7 Å². The lowest BCUT2D eigenvalue weighted by molar-refractivity contribution is 0.102. The molecule has 0 saturated carbocycles. The number of ether oxygens (including phenoxy) is 2. The summed E-state index contributed by atoms with van der Waals surface area (Å²) < 4.78 is 25.4. The predicted molar refractivity (Wildman–Crippen MR) is 108 cm³/mol. The van der Waals surface area contributed by atoms with E-state index < -0.39 is 0 Å². The van der Waals surface area contributed by atoms with Crippen molar-refractivity contribution < 1.29 is 18.7 Å². The molecule has 148 valence electrons. The Morgan fingerprint density at radius 1 is 1.10 bits per heavy atom. The maximum absolute atomic E-state index is 13.1. The van der Waals surface area contributed by atoms with Gasteiger partial charge < -0.3 is 9.47 Å². The number of rotatable bonds is 6. The lowest BCUT2D eigenvalue weighted by Gasteiger charge is -2.11. The first kappa shape index (κ1) is 19.1. The van der Waals surface area contributed by atoms with Crippen molar-refractivity contribution in [3.8, 4) is 11.5 Å². The minimum atomic E-state index is -0.380. The number of methoxy groups -OCH3 is 2. The second kappa shape index (κ2) is 7.67. The molecule has 4 rings (SSSR count). The molecule has 0 amide bonds. The second-order valence-corrected chi connectivity index (χ2v) is 7.17. The van der Waals surface area contributed by atoms with Crippen LogP contribution < -0.4 is 9.47 Å². The Labute approximate surface area is 169 Å². The van der Waals surface area contributed by atoms with Crippen LogP contribution in [0.3, 0.4) is 0 Å². The molecule has 9 heteroatoms. The smallest absolute Gasteiger partial charge is 0.192 e. The number of ketones is 1. The second-order valence-electron chi connectivity index (χ2n) is 6.23. The van der Waals surface area contributed by atoms with E-state index in [0.717, 1.165) is 5.39 Å². The number of aromatic nitrogens is 4. The quantitative estimate of drug-likeness (QED) is 0.271. The van der Waals surface area contributed by atoms with E-state index in [0.29, 0.717) is 39.2 Å². The molecule has 0 unspecified atom stereocenters. The van der Waals surface area contributed by atoms with Gasteiger partial charge in [-0.25, -0.2) is 14.4 Å². The summed E-state index contributed by atoms with van der Waals surface area (Å²) in [6, 6.07) is 9.05. The number of benzene rings is 2. The highest BCUT2D eigenvalue weighted by Gasteiger charge is 2.17. The molecule has 2 aromatic heterocycles. The standard InChI is InChI=1S/C20H17FN4O3S/c1-11-22-19-14-8-17(27-2)18(28-3)9-15(14)23-20(25(19)24-11)29-10-16(26)12-4-6-13(21)7-5-12/h4-9H,10H2,1-3H3. The van der Waals surface area contributed by atoms with Gasteiger partial charge >= 0.3 is 0 Å². The molecule has 0 aliphatic carbocycles. The van der Waals surface area contributed by atoms with Crippen molar-refractivity contribution in [1.29, 1.82) is 0 Å². The fraction of sp³-hybridized carbons (Fsp3) is 0.200. The molecule has 2 aromatic carbocycles. The van der Waals surface area contributed by atoms with Crippen LogP contribution in [-0.2, 0) is 0 Å². The van der Waals surface area contributed by atoms with Gasteiger partial charge in [0.05, 0.1) is 25.5 Å². The van der Waals surface area contributed by atoms with Gasteiger partial charge in [0.25, 0.3) is 0 Å². The Balaban J connectivity index is 1.74. The highest BCUT2D eigenvalue weighted by Crippen LogP contribution is 2.34. The van der Waals surface area contributed by atoms with Crippen molar-refractivity contribution >= 4 is 34.1 Å². The summed E-state index contributed by atoms with van der Waals surface area (Å²) in [6.07, 6.45) is 0. The summed E-state index contributed by atoms with van der Waals surface area (Å²) in [6.45, 7) is 1.79. The molecule has 2 heterocycles. The lowest BCUT2D eigenvalue weighted by Crippen LogP contribution is -2.05. The third kappa shape index (κ3) is 3.61. The molecule has 0 spiro atoms. The normalized spacial score (nSPS) is 11.2. The van der Waals surface area contributed by atoms with Crippen LogP contribution in [0.5, 0.6) is 11.5 Å². The van der Waals surface area contributed by atoms with Gasteiger partial charge in [0.15, 0.2) is 28.1 Å². The number of hydrogen-bond acceptors (Lipinski definition) is 7. The molecule has 7 nitrogen and oxygen atoms in total. The summed E-state index contributed by atoms with van der Waals surface area (Å²) >= 11 is 1.24. The van der Waals surface area contributed by atoms with Crippen LogP contribution >= 0.6 is 11.8 Å². The number of thioether (sulfide) groups is 1. The first-order valence-corrected chi connectivity index (χ1v) is 9.69. The predicted octanol–water partition coefficient (Wildman–Crippen LogP) is 3.72. The van der Waals surface area contributed by atoms with E-state index in [1.807, 2.05) is 6.07 Å². The fourth-order valence-corrected chi connectivity index (χ4v) is 3.79. The molecular formula is C20H17FN4O3S. The molecule has 0 radical (unpaired) electrons. The first-order valence-electron chi connectivity index (χ1n) is 8.71. The zero-order chi connectivity index (χ0) is 20.5. The zero-order valence-corrected chi connectivity index (χ0v) is 16.8. The summed E-state index contributed by atoms with van der Waals surface area (Å²) in [5.41, 5.74) is 1.71. The molecule has 0 fully saturated rings. The Kier molecular flexibility index (Phi) is 5.06. The van der Waals surface area contributed by atoms with Crippen LogP contribution in [0.15, 0.2) is 41.6 Å². The van der Waals surface area contributed by atoms with Crippen LogP contribution in [0.1, 0.15) is 16.2 Å². The van der Waals surface area contributed by atoms with Crippen molar-refractivity contribution in [2.45, 2.75) is 12.1 Å². The molecule has 0 atom stereocenters. The third-order valence-electron chi connectivity index (χ3n) is 4.35.